The molecule has 3 aromatic rings. The number of fused-ring (bicyclic) bond motifs is 1. The number of imidazole rings is 1. The lowest BCUT2D eigenvalue weighted by Crippen LogP contribution is -2.18. The highest BCUT2D eigenvalue weighted by Gasteiger charge is 2.22. The molecule has 2 nitrogen and oxygen atoms in total. The van der Waals surface area contributed by atoms with Crippen LogP contribution in [-0.2, 0) is 12.8 Å². The van der Waals surface area contributed by atoms with Gasteiger partial charge < -0.3 is 4.98 Å². The van der Waals surface area contributed by atoms with E-state index in [4.69, 9.17) is 4.98 Å². The maximum Gasteiger partial charge on any atom is 0.107 e. The predicted molar refractivity (Wildman–Crippen MR) is 95.4 cm³/mol. The van der Waals surface area contributed by atoms with Gasteiger partial charge in [0.2, 0.25) is 0 Å². The van der Waals surface area contributed by atoms with E-state index in [0.717, 1.165) is 29.6 Å². The number of hydrogen-bond acceptors (Lipinski definition) is 1. The van der Waals surface area contributed by atoms with E-state index in [1.54, 1.807) is 0 Å². The Labute approximate surface area is 138 Å². The van der Waals surface area contributed by atoms with E-state index in [-0.39, 0.29) is 0 Å². The monoisotopic (exact) mass is 304 g/mol. The lowest BCUT2D eigenvalue weighted by Gasteiger charge is -2.28. The summed E-state index contributed by atoms with van der Waals surface area (Å²) in [4.78, 5) is 8.22. The molecule has 0 aliphatic heterocycles. The molecule has 2 heteroatoms. The summed E-state index contributed by atoms with van der Waals surface area (Å²) in [6.45, 7) is 0. The van der Waals surface area contributed by atoms with Crippen molar-refractivity contribution in [2.45, 2.75) is 38.5 Å². The van der Waals surface area contributed by atoms with Crippen molar-refractivity contribution in [3.05, 3.63) is 66.0 Å². The fraction of sp³-hybridized carbons (Fsp3) is 0.381. The number of aromatic nitrogens is 2. The minimum Gasteiger partial charge on any atom is -0.342 e. The Hall–Kier alpha value is -2.09. The summed E-state index contributed by atoms with van der Waals surface area (Å²) in [6, 6.07) is 19.3. The van der Waals surface area contributed by atoms with Crippen LogP contribution in [0.3, 0.4) is 0 Å². The zero-order valence-corrected chi connectivity index (χ0v) is 13.5. The lowest BCUT2D eigenvalue weighted by atomic mass is 9.78. The molecule has 118 valence electrons. The van der Waals surface area contributed by atoms with Gasteiger partial charge in [0, 0.05) is 6.42 Å². The minimum absolute atomic E-state index is 0.794. The van der Waals surface area contributed by atoms with Crippen molar-refractivity contribution in [1.82, 2.24) is 9.97 Å². The molecule has 1 saturated carbocycles. The number of nitrogens with one attached hydrogen (secondary N) is 1. The van der Waals surface area contributed by atoms with Gasteiger partial charge in [0.1, 0.15) is 5.82 Å². The first-order valence-corrected chi connectivity index (χ1v) is 8.84. The van der Waals surface area contributed by atoms with Gasteiger partial charge in [-0.05, 0) is 61.6 Å². The van der Waals surface area contributed by atoms with Crippen LogP contribution >= 0.6 is 0 Å². The van der Waals surface area contributed by atoms with E-state index in [9.17, 15) is 0 Å². The molecule has 4 rings (SSSR count). The van der Waals surface area contributed by atoms with Crippen LogP contribution in [0, 0.1) is 11.8 Å². The second-order valence-electron chi connectivity index (χ2n) is 6.98. The largest absolute Gasteiger partial charge is 0.342 e. The number of nitrogens with zero attached hydrogens (tertiary/aromatic N) is 1. The van der Waals surface area contributed by atoms with E-state index in [2.05, 4.69) is 59.6 Å². The molecule has 2 aromatic carbocycles. The summed E-state index contributed by atoms with van der Waals surface area (Å²) in [5, 5.41) is 0. The first kappa shape index (κ1) is 14.5. The van der Waals surface area contributed by atoms with E-state index in [1.807, 2.05) is 0 Å². The summed E-state index contributed by atoms with van der Waals surface area (Å²) < 4.78 is 0. The Morgan fingerprint density at radius 1 is 0.783 bits per heavy atom. The first-order chi connectivity index (χ1) is 11.4. The van der Waals surface area contributed by atoms with Crippen molar-refractivity contribution in [1.29, 1.82) is 0 Å². The maximum absolute atomic E-state index is 4.74. The van der Waals surface area contributed by atoms with E-state index in [0.29, 0.717) is 0 Å². The highest BCUT2D eigenvalue weighted by atomic mass is 14.9. The number of H-pyrrole nitrogens is 1. The van der Waals surface area contributed by atoms with E-state index in [1.165, 1.54) is 43.2 Å². The summed E-state index contributed by atoms with van der Waals surface area (Å²) in [5.41, 5.74) is 3.76. The molecule has 0 saturated heterocycles. The van der Waals surface area contributed by atoms with Crippen molar-refractivity contribution < 1.29 is 0 Å². The zero-order valence-electron chi connectivity index (χ0n) is 13.5. The quantitative estimate of drug-likeness (QED) is 0.709. The third-order valence-electron chi connectivity index (χ3n) is 5.25. The van der Waals surface area contributed by atoms with Gasteiger partial charge in [-0.15, -0.1) is 0 Å². The van der Waals surface area contributed by atoms with Gasteiger partial charge in [-0.2, -0.15) is 0 Å². The third-order valence-corrected chi connectivity index (χ3v) is 5.25. The smallest absolute Gasteiger partial charge is 0.107 e. The van der Waals surface area contributed by atoms with Crippen LogP contribution in [-0.4, -0.2) is 9.97 Å². The van der Waals surface area contributed by atoms with E-state index >= 15 is 0 Å². The number of hydrogen-bond donors (Lipinski definition) is 1. The number of benzene rings is 2. The molecular formula is C21H24N2. The highest BCUT2D eigenvalue weighted by molar-refractivity contribution is 5.74. The lowest BCUT2D eigenvalue weighted by molar-refractivity contribution is 0.270. The second-order valence-corrected chi connectivity index (χ2v) is 6.98. The molecule has 1 aliphatic rings. The van der Waals surface area contributed by atoms with Crippen LogP contribution in [0.25, 0.3) is 11.0 Å². The normalized spacial score (nSPS) is 21.6. The zero-order chi connectivity index (χ0) is 15.5. The van der Waals surface area contributed by atoms with Crippen LogP contribution in [0.4, 0.5) is 0 Å². The molecule has 0 spiro atoms. The topological polar surface area (TPSA) is 28.7 Å². The van der Waals surface area contributed by atoms with Crippen molar-refractivity contribution in [3.8, 4) is 0 Å². The van der Waals surface area contributed by atoms with Crippen LogP contribution in [0.1, 0.15) is 37.1 Å². The number of rotatable bonds is 4. The minimum atomic E-state index is 0.794. The molecule has 0 atom stereocenters. The van der Waals surface area contributed by atoms with Crippen molar-refractivity contribution in [3.63, 3.8) is 0 Å². The Balaban J connectivity index is 1.32. The molecule has 1 aliphatic carbocycles. The van der Waals surface area contributed by atoms with Gasteiger partial charge in [0.15, 0.2) is 0 Å². The SMILES string of the molecule is c1ccc(CC2CCC(Cc3nc4ccccc4[nH]3)CC2)cc1. The van der Waals surface area contributed by atoms with Crippen molar-refractivity contribution >= 4 is 11.0 Å². The molecule has 1 heterocycles. The predicted octanol–water partition coefficient (Wildman–Crippen LogP) is 5.15. The summed E-state index contributed by atoms with van der Waals surface area (Å²) >= 11 is 0. The summed E-state index contributed by atoms with van der Waals surface area (Å²) in [5.74, 6) is 2.82. The van der Waals surface area contributed by atoms with Crippen LogP contribution < -0.4 is 0 Å². The molecule has 0 radical (unpaired) electrons. The third kappa shape index (κ3) is 3.47. The van der Waals surface area contributed by atoms with Crippen LogP contribution in [0.2, 0.25) is 0 Å². The molecule has 23 heavy (non-hydrogen) atoms. The standard InChI is InChI=1S/C21H24N2/c1-2-6-16(7-3-1)14-17-10-12-18(13-11-17)15-21-22-19-8-4-5-9-20(19)23-21/h1-9,17-18H,10-15H2,(H,22,23). The van der Waals surface area contributed by atoms with E-state index < -0.39 is 0 Å². The fourth-order valence-electron chi connectivity index (χ4n) is 3.96. The van der Waals surface area contributed by atoms with Gasteiger partial charge in [0.25, 0.3) is 0 Å². The van der Waals surface area contributed by atoms with Gasteiger partial charge in [-0.25, -0.2) is 4.98 Å². The van der Waals surface area contributed by atoms with Gasteiger partial charge in [-0.3, -0.25) is 0 Å². The molecule has 0 bridgehead atoms. The molecule has 1 aromatic heterocycles. The Bertz CT molecular complexity index is 719. The van der Waals surface area contributed by atoms with Gasteiger partial charge in [-0.1, -0.05) is 42.5 Å². The molecular weight excluding hydrogens is 280 g/mol. The molecule has 0 amide bonds. The summed E-state index contributed by atoms with van der Waals surface area (Å²) in [6.07, 6.45) is 7.76. The number of aromatic amines is 1. The molecule has 1 fully saturated rings. The van der Waals surface area contributed by atoms with Crippen molar-refractivity contribution in [2.75, 3.05) is 0 Å². The Morgan fingerprint density at radius 3 is 2.17 bits per heavy atom. The molecule has 0 unspecified atom stereocenters. The average Bonchev–Trinajstić information content (AvgIpc) is 3.00. The first-order valence-electron chi connectivity index (χ1n) is 8.84. The fourth-order valence-corrected chi connectivity index (χ4v) is 3.96. The summed E-state index contributed by atoms with van der Waals surface area (Å²) in [7, 11) is 0. The Morgan fingerprint density at radius 2 is 1.43 bits per heavy atom. The molecule has 1 N–H and O–H groups in total. The second kappa shape index (κ2) is 6.57. The maximum atomic E-state index is 4.74. The Kier molecular flexibility index (Phi) is 4.14. The highest BCUT2D eigenvalue weighted by Crippen LogP contribution is 2.32. The van der Waals surface area contributed by atoms with Crippen LogP contribution in [0.5, 0.6) is 0 Å². The van der Waals surface area contributed by atoms with Gasteiger partial charge >= 0.3 is 0 Å². The van der Waals surface area contributed by atoms with Gasteiger partial charge in [0.05, 0.1) is 11.0 Å². The van der Waals surface area contributed by atoms with Crippen LogP contribution in [0.15, 0.2) is 54.6 Å². The average molecular weight is 304 g/mol. The number of para-hydroxylation sites is 2. The van der Waals surface area contributed by atoms with Crippen molar-refractivity contribution in [2.24, 2.45) is 11.8 Å².